The quantitative estimate of drug-likeness (QED) is 0.148. The van der Waals surface area contributed by atoms with Crippen molar-refractivity contribution in [2.45, 2.75) is 5.41 Å². The third-order valence-electron chi connectivity index (χ3n) is 13.0. The zero-order valence-electron chi connectivity index (χ0n) is 34.5. The van der Waals surface area contributed by atoms with E-state index in [2.05, 4.69) is 254 Å². The monoisotopic (exact) mass is 819 g/mol. The molecule has 12 rings (SSSR count). The molecule has 63 heavy (non-hydrogen) atoms. The summed E-state index contributed by atoms with van der Waals surface area (Å²) in [5.74, 6) is 0. The fourth-order valence-corrected chi connectivity index (χ4v) is 11.4. The Bertz CT molecular complexity index is 3370. The lowest BCUT2D eigenvalue weighted by molar-refractivity contribution is 0.768. The molecule has 0 aliphatic heterocycles. The Morgan fingerprint density at radius 3 is 1.46 bits per heavy atom. The molecule has 1 nitrogen and oxygen atoms in total. The van der Waals surface area contributed by atoms with E-state index in [1.54, 1.807) is 0 Å². The topological polar surface area (TPSA) is 3.24 Å². The molecule has 0 bridgehead atoms. The fourth-order valence-electron chi connectivity index (χ4n) is 10.1. The number of thiophene rings is 1. The number of benzene rings is 10. The second-order valence-corrected chi connectivity index (χ2v) is 17.4. The van der Waals surface area contributed by atoms with Crippen LogP contribution in [0.25, 0.3) is 64.7 Å². The first-order chi connectivity index (χ1) is 31.3. The standard InChI is InChI=1S/C61H41NS/c1-5-17-42(18-6-1)43-29-31-44(32-30-43)45-33-35-49(36-34-45)62(57-40-39-51(46-19-7-2-8-20-46)60-59(57)54-26-14-16-28-58(54)63-60)50-37-38-53-52-25-13-15-27-55(52)61(56(53)41-50,47-21-9-3-10-22-47)48-23-11-4-12-24-48/h1-41H. The van der Waals surface area contributed by atoms with Crippen LogP contribution in [0, 0.1) is 0 Å². The van der Waals surface area contributed by atoms with Crippen molar-refractivity contribution in [3.8, 4) is 44.5 Å². The lowest BCUT2D eigenvalue weighted by atomic mass is 9.67. The van der Waals surface area contributed by atoms with Crippen LogP contribution >= 0.6 is 11.3 Å². The highest BCUT2D eigenvalue weighted by molar-refractivity contribution is 7.26. The summed E-state index contributed by atoms with van der Waals surface area (Å²) in [7, 11) is 0. The molecule has 11 aromatic rings. The van der Waals surface area contributed by atoms with Gasteiger partial charge in [-0.2, -0.15) is 0 Å². The number of hydrogen-bond donors (Lipinski definition) is 0. The first-order valence-corrected chi connectivity index (χ1v) is 22.5. The van der Waals surface area contributed by atoms with Crippen molar-refractivity contribution < 1.29 is 0 Å². The molecule has 1 heterocycles. The second kappa shape index (κ2) is 15.3. The minimum absolute atomic E-state index is 0.520. The summed E-state index contributed by atoms with van der Waals surface area (Å²) >= 11 is 1.88. The van der Waals surface area contributed by atoms with Gasteiger partial charge in [0, 0.05) is 31.5 Å². The highest BCUT2D eigenvalue weighted by Crippen LogP contribution is 2.58. The molecule has 0 radical (unpaired) electrons. The number of fused-ring (bicyclic) bond motifs is 6. The summed E-state index contributed by atoms with van der Waals surface area (Å²) < 4.78 is 2.57. The molecule has 0 saturated carbocycles. The smallest absolute Gasteiger partial charge is 0.0714 e. The molecule has 1 aliphatic rings. The molecule has 0 unspecified atom stereocenters. The van der Waals surface area contributed by atoms with Crippen molar-refractivity contribution in [1.82, 2.24) is 0 Å². The SMILES string of the molecule is c1ccc(-c2ccc(-c3ccc(N(c4ccc5c(c4)C(c4ccccc4)(c4ccccc4)c4ccccc4-5)c4ccc(-c5ccccc5)c5sc6ccccc6c45)cc3)cc2)cc1. The number of hydrogen-bond acceptors (Lipinski definition) is 2. The summed E-state index contributed by atoms with van der Waals surface area (Å²) in [6.45, 7) is 0. The van der Waals surface area contributed by atoms with Crippen LogP contribution in [-0.2, 0) is 5.41 Å². The number of rotatable bonds is 8. The molecular weight excluding hydrogens is 779 g/mol. The van der Waals surface area contributed by atoms with Gasteiger partial charge in [-0.15, -0.1) is 11.3 Å². The third kappa shape index (κ3) is 6.06. The molecule has 296 valence electrons. The van der Waals surface area contributed by atoms with E-state index in [-0.39, 0.29) is 0 Å². The van der Waals surface area contributed by atoms with Crippen LogP contribution in [-0.4, -0.2) is 0 Å². The van der Waals surface area contributed by atoms with Gasteiger partial charge in [-0.3, -0.25) is 0 Å². The van der Waals surface area contributed by atoms with Gasteiger partial charge in [-0.05, 0) is 103 Å². The molecule has 0 amide bonds. The van der Waals surface area contributed by atoms with Crippen LogP contribution in [0.2, 0.25) is 0 Å². The number of anilines is 3. The van der Waals surface area contributed by atoms with E-state index in [1.807, 2.05) is 11.3 Å². The molecule has 2 heteroatoms. The summed E-state index contributed by atoms with van der Waals surface area (Å²) in [5, 5.41) is 2.53. The van der Waals surface area contributed by atoms with Crippen LogP contribution in [0.15, 0.2) is 249 Å². The second-order valence-electron chi connectivity index (χ2n) is 16.4. The van der Waals surface area contributed by atoms with Crippen LogP contribution in [0.1, 0.15) is 22.3 Å². The van der Waals surface area contributed by atoms with Gasteiger partial charge in [0.25, 0.3) is 0 Å². The summed E-state index contributed by atoms with van der Waals surface area (Å²) in [4.78, 5) is 2.50. The fraction of sp³-hybridized carbons (Fsp3) is 0.0164. The van der Waals surface area contributed by atoms with Crippen molar-refractivity contribution in [2.24, 2.45) is 0 Å². The van der Waals surface area contributed by atoms with Gasteiger partial charge in [0.05, 0.1) is 11.1 Å². The van der Waals surface area contributed by atoms with Crippen LogP contribution in [0.4, 0.5) is 17.1 Å². The van der Waals surface area contributed by atoms with E-state index in [4.69, 9.17) is 0 Å². The van der Waals surface area contributed by atoms with Gasteiger partial charge in [0.15, 0.2) is 0 Å². The van der Waals surface area contributed by atoms with Gasteiger partial charge in [0.1, 0.15) is 0 Å². The lowest BCUT2D eigenvalue weighted by Gasteiger charge is -2.35. The zero-order valence-corrected chi connectivity index (χ0v) is 35.3. The highest BCUT2D eigenvalue weighted by Gasteiger charge is 2.46. The first kappa shape index (κ1) is 37.0. The molecule has 0 N–H and O–H groups in total. The van der Waals surface area contributed by atoms with E-state index in [0.29, 0.717) is 0 Å². The summed E-state index contributed by atoms with van der Waals surface area (Å²) in [5.41, 5.74) is 17.8. The molecule has 1 aromatic heterocycles. The Labute approximate surface area is 372 Å². The lowest BCUT2D eigenvalue weighted by Crippen LogP contribution is -2.28. The van der Waals surface area contributed by atoms with Crippen LogP contribution in [0.5, 0.6) is 0 Å². The van der Waals surface area contributed by atoms with Crippen molar-refractivity contribution in [2.75, 3.05) is 4.90 Å². The Kier molecular flexibility index (Phi) is 8.98. The highest BCUT2D eigenvalue weighted by atomic mass is 32.1. The molecule has 0 fully saturated rings. The minimum atomic E-state index is -0.520. The predicted molar refractivity (Wildman–Crippen MR) is 268 cm³/mol. The van der Waals surface area contributed by atoms with Gasteiger partial charge in [0.2, 0.25) is 0 Å². The van der Waals surface area contributed by atoms with Crippen molar-refractivity contribution in [3.63, 3.8) is 0 Å². The van der Waals surface area contributed by atoms with E-state index in [9.17, 15) is 0 Å². The Hall–Kier alpha value is -7.78. The predicted octanol–water partition coefficient (Wildman–Crippen LogP) is 16.9. The Morgan fingerprint density at radius 2 is 0.810 bits per heavy atom. The van der Waals surface area contributed by atoms with E-state index < -0.39 is 5.41 Å². The first-order valence-electron chi connectivity index (χ1n) is 21.7. The normalized spacial score (nSPS) is 12.6. The van der Waals surface area contributed by atoms with Gasteiger partial charge in [-0.1, -0.05) is 212 Å². The van der Waals surface area contributed by atoms with Crippen molar-refractivity contribution in [3.05, 3.63) is 271 Å². The van der Waals surface area contributed by atoms with Crippen LogP contribution < -0.4 is 4.90 Å². The van der Waals surface area contributed by atoms with Crippen LogP contribution in [0.3, 0.4) is 0 Å². The van der Waals surface area contributed by atoms with Gasteiger partial charge in [-0.25, -0.2) is 0 Å². The molecular formula is C61H41NS. The van der Waals surface area contributed by atoms with Gasteiger partial charge >= 0.3 is 0 Å². The van der Waals surface area contributed by atoms with Crippen molar-refractivity contribution >= 4 is 48.6 Å². The average molecular weight is 820 g/mol. The maximum absolute atomic E-state index is 2.50. The van der Waals surface area contributed by atoms with E-state index >= 15 is 0 Å². The Balaban J connectivity index is 1.09. The number of nitrogens with zero attached hydrogens (tertiary/aromatic N) is 1. The molecule has 0 spiro atoms. The molecule has 0 atom stereocenters. The largest absolute Gasteiger partial charge is 0.310 e. The molecule has 0 saturated heterocycles. The third-order valence-corrected chi connectivity index (χ3v) is 14.2. The maximum atomic E-state index is 2.50. The van der Waals surface area contributed by atoms with E-state index in [0.717, 1.165) is 17.1 Å². The Morgan fingerprint density at radius 1 is 0.333 bits per heavy atom. The van der Waals surface area contributed by atoms with E-state index in [1.165, 1.54) is 86.9 Å². The maximum Gasteiger partial charge on any atom is 0.0714 e. The molecule has 10 aromatic carbocycles. The average Bonchev–Trinajstić information content (AvgIpc) is 3.90. The molecule has 1 aliphatic carbocycles. The van der Waals surface area contributed by atoms with Gasteiger partial charge < -0.3 is 4.90 Å². The minimum Gasteiger partial charge on any atom is -0.310 e. The zero-order chi connectivity index (χ0) is 41.7. The summed E-state index contributed by atoms with van der Waals surface area (Å²) in [6.07, 6.45) is 0. The summed E-state index contributed by atoms with van der Waals surface area (Å²) in [6, 6.07) is 91.5. The van der Waals surface area contributed by atoms with Crippen molar-refractivity contribution in [1.29, 1.82) is 0 Å².